The third kappa shape index (κ3) is 8.70. The van der Waals surface area contributed by atoms with Crippen LogP contribution in [0.5, 0.6) is 0 Å². The Morgan fingerprint density at radius 1 is 1.44 bits per heavy atom. The van der Waals surface area contributed by atoms with Crippen LogP contribution in [0.4, 0.5) is 13.2 Å². The van der Waals surface area contributed by atoms with E-state index >= 15 is 0 Å². The van der Waals surface area contributed by atoms with Crippen molar-refractivity contribution in [2.75, 3.05) is 26.2 Å². The molecule has 0 radical (unpaired) electrons. The topological polar surface area (TPSA) is 43.7 Å². The van der Waals surface area contributed by atoms with Gasteiger partial charge in [-0.25, -0.2) is 0 Å². The van der Waals surface area contributed by atoms with Gasteiger partial charge in [-0.15, -0.1) is 0 Å². The summed E-state index contributed by atoms with van der Waals surface area (Å²) in [5.74, 6) is 0. The van der Waals surface area contributed by atoms with E-state index in [1.807, 2.05) is 0 Å². The fourth-order valence-electron chi connectivity index (χ4n) is 1.26. The molecule has 0 aliphatic rings. The van der Waals surface area contributed by atoms with Crippen molar-refractivity contribution < 1.29 is 23.4 Å². The molecule has 0 spiro atoms. The highest BCUT2D eigenvalue weighted by molar-refractivity contribution is 4.92. The predicted molar refractivity (Wildman–Crippen MR) is 55.0 cm³/mol. The van der Waals surface area contributed by atoms with Crippen LogP contribution in [0.1, 0.15) is 13.3 Å². The summed E-state index contributed by atoms with van der Waals surface area (Å²) in [5.41, 5.74) is 0.715. The quantitative estimate of drug-likeness (QED) is 0.658. The van der Waals surface area contributed by atoms with Gasteiger partial charge in [0, 0.05) is 19.6 Å². The van der Waals surface area contributed by atoms with Crippen molar-refractivity contribution in [1.29, 1.82) is 0 Å². The highest BCUT2D eigenvalue weighted by Gasteiger charge is 2.28. The number of alkyl halides is 3. The molecule has 0 saturated heterocycles. The molecule has 0 heterocycles. The van der Waals surface area contributed by atoms with Gasteiger partial charge in [0.1, 0.15) is 0 Å². The summed E-state index contributed by atoms with van der Waals surface area (Å²) in [6, 6.07) is 0. The molecule has 0 aliphatic carbocycles. The molecule has 3 nitrogen and oxygen atoms in total. The molecule has 0 aliphatic heterocycles. The Balaban J connectivity index is 4.15. The number of hydrogen-bond acceptors (Lipinski definition) is 3. The van der Waals surface area contributed by atoms with Crippen molar-refractivity contribution in [1.82, 2.24) is 4.90 Å². The van der Waals surface area contributed by atoms with Crippen LogP contribution in [-0.2, 0) is 0 Å². The molecule has 0 aromatic carbocycles. The number of nitrogens with zero attached hydrogens (tertiary/aromatic N) is 1. The second-order valence-corrected chi connectivity index (χ2v) is 3.89. The molecule has 0 rings (SSSR count). The molecule has 0 aromatic rings. The second-order valence-electron chi connectivity index (χ2n) is 3.89. The Hall–Kier alpha value is -0.590. The van der Waals surface area contributed by atoms with Gasteiger partial charge in [0.2, 0.25) is 0 Å². The van der Waals surface area contributed by atoms with Crippen LogP contribution in [0.25, 0.3) is 0 Å². The van der Waals surface area contributed by atoms with Gasteiger partial charge in [0.05, 0.1) is 19.1 Å². The number of aliphatic hydroxyl groups is 2. The van der Waals surface area contributed by atoms with Crippen LogP contribution in [-0.4, -0.2) is 53.6 Å². The van der Waals surface area contributed by atoms with Gasteiger partial charge in [-0.05, 0) is 6.92 Å². The number of aliphatic hydroxyl groups excluding tert-OH is 2. The molecule has 2 N–H and O–H groups in total. The van der Waals surface area contributed by atoms with Crippen LogP contribution in [0.15, 0.2) is 12.2 Å². The third-order valence-corrected chi connectivity index (χ3v) is 1.88. The molecule has 0 bridgehead atoms. The van der Waals surface area contributed by atoms with E-state index in [2.05, 4.69) is 6.58 Å². The first kappa shape index (κ1) is 15.4. The van der Waals surface area contributed by atoms with Crippen molar-refractivity contribution in [3.8, 4) is 0 Å². The van der Waals surface area contributed by atoms with E-state index in [-0.39, 0.29) is 19.6 Å². The van der Waals surface area contributed by atoms with Crippen LogP contribution < -0.4 is 0 Å². The normalized spacial score (nSPS) is 14.2. The maximum absolute atomic E-state index is 12.0. The van der Waals surface area contributed by atoms with Gasteiger partial charge in [0.15, 0.2) is 0 Å². The summed E-state index contributed by atoms with van der Waals surface area (Å²) in [5, 5.41) is 17.8. The SMILES string of the molecule is C=C(C)CN(CCC(F)(F)F)C[C@H](O)CO. The Morgan fingerprint density at radius 3 is 2.38 bits per heavy atom. The van der Waals surface area contributed by atoms with Crippen LogP contribution >= 0.6 is 0 Å². The van der Waals surface area contributed by atoms with Gasteiger partial charge >= 0.3 is 6.18 Å². The molecule has 96 valence electrons. The predicted octanol–water partition coefficient (Wildman–Crippen LogP) is 1.17. The highest BCUT2D eigenvalue weighted by atomic mass is 19.4. The number of hydrogen-bond donors (Lipinski definition) is 2. The summed E-state index contributed by atoms with van der Waals surface area (Å²) in [4.78, 5) is 1.43. The zero-order valence-corrected chi connectivity index (χ0v) is 9.30. The molecule has 16 heavy (non-hydrogen) atoms. The molecular formula is C10H18F3NO2. The maximum atomic E-state index is 12.0. The van der Waals surface area contributed by atoms with Crippen LogP contribution in [0.3, 0.4) is 0 Å². The van der Waals surface area contributed by atoms with Crippen molar-refractivity contribution in [2.45, 2.75) is 25.6 Å². The molecule has 0 amide bonds. The Morgan fingerprint density at radius 2 is 2.00 bits per heavy atom. The minimum absolute atomic E-state index is 0.0133. The molecule has 6 heteroatoms. The molecule has 0 unspecified atom stereocenters. The Bertz CT molecular complexity index is 219. The zero-order chi connectivity index (χ0) is 12.8. The fourth-order valence-corrected chi connectivity index (χ4v) is 1.26. The van der Waals surface area contributed by atoms with Crippen molar-refractivity contribution in [3.63, 3.8) is 0 Å². The van der Waals surface area contributed by atoms with Crippen molar-refractivity contribution >= 4 is 0 Å². The molecule has 1 atom stereocenters. The summed E-state index contributed by atoms with van der Waals surface area (Å²) >= 11 is 0. The fraction of sp³-hybridized carbons (Fsp3) is 0.800. The third-order valence-electron chi connectivity index (χ3n) is 1.88. The van der Waals surface area contributed by atoms with E-state index in [1.165, 1.54) is 4.90 Å². The van der Waals surface area contributed by atoms with Crippen LogP contribution in [0.2, 0.25) is 0 Å². The van der Waals surface area contributed by atoms with Crippen LogP contribution in [0, 0.1) is 0 Å². The number of rotatable bonds is 7. The lowest BCUT2D eigenvalue weighted by Gasteiger charge is -2.24. The lowest BCUT2D eigenvalue weighted by molar-refractivity contribution is -0.138. The lowest BCUT2D eigenvalue weighted by atomic mass is 10.2. The molecule has 0 saturated carbocycles. The summed E-state index contributed by atoms with van der Waals surface area (Å²) in [6.07, 6.45) is -6.16. The second kappa shape index (κ2) is 6.88. The first-order valence-electron chi connectivity index (χ1n) is 4.97. The summed E-state index contributed by atoms with van der Waals surface area (Å²) in [7, 11) is 0. The van der Waals surface area contributed by atoms with E-state index in [0.29, 0.717) is 5.57 Å². The van der Waals surface area contributed by atoms with Crippen molar-refractivity contribution in [2.24, 2.45) is 0 Å². The largest absolute Gasteiger partial charge is 0.394 e. The molecular weight excluding hydrogens is 223 g/mol. The van der Waals surface area contributed by atoms with E-state index in [0.717, 1.165) is 0 Å². The Kier molecular flexibility index (Phi) is 6.62. The van der Waals surface area contributed by atoms with E-state index in [9.17, 15) is 13.2 Å². The number of halogens is 3. The van der Waals surface area contributed by atoms with Gasteiger partial charge in [-0.2, -0.15) is 13.2 Å². The first-order chi connectivity index (χ1) is 7.24. The molecule has 0 aromatic heterocycles. The first-order valence-corrected chi connectivity index (χ1v) is 4.97. The molecule has 0 fully saturated rings. The average molecular weight is 241 g/mol. The smallest absolute Gasteiger partial charge is 0.390 e. The van der Waals surface area contributed by atoms with E-state index in [1.54, 1.807) is 6.92 Å². The van der Waals surface area contributed by atoms with Crippen molar-refractivity contribution in [3.05, 3.63) is 12.2 Å². The average Bonchev–Trinajstić information content (AvgIpc) is 2.12. The highest BCUT2D eigenvalue weighted by Crippen LogP contribution is 2.20. The Labute approximate surface area is 93.2 Å². The van der Waals surface area contributed by atoms with Gasteiger partial charge in [-0.3, -0.25) is 4.90 Å². The standard InChI is InChI=1S/C10H18F3NO2/c1-8(2)5-14(6-9(16)7-15)4-3-10(11,12)13/h9,15-16H,1,3-7H2,2H3/t9-/m0/s1. The minimum Gasteiger partial charge on any atom is -0.394 e. The monoisotopic (exact) mass is 241 g/mol. The van der Waals surface area contributed by atoms with E-state index < -0.39 is 25.3 Å². The minimum atomic E-state index is -4.21. The summed E-state index contributed by atoms with van der Waals surface area (Å²) < 4.78 is 36.0. The summed E-state index contributed by atoms with van der Waals surface area (Å²) in [6.45, 7) is 4.94. The van der Waals surface area contributed by atoms with Gasteiger partial charge in [-0.1, -0.05) is 12.2 Å². The zero-order valence-electron chi connectivity index (χ0n) is 9.30. The van der Waals surface area contributed by atoms with Gasteiger partial charge < -0.3 is 10.2 Å². The van der Waals surface area contributed by atoms with E-state index in [4.69, 9.17) is 10.2 Å². The van der Waals surface area contributed by atoms with Gasteiger partial charge in [0.25, 0.3) is 0 Å². The maximum Gasteiger partial charge on any atom is 0.390 e. The lowest BCUT2D eigenvalue weighted by Crippen LogP contribution is -2.37.